The summed E-state index contributed by atoms with van der Waals surface area (Å²) in [6.45, 7) is 5.28. The molecule has 0 radical (unpaired) electrons. The molecule has 0 heterocycles. The summed E-state index contributed by atoms with van der Waals surface area (Å²) in [5.41, 5.74) is 0.411. The normalized spacial score (nSPS) is 12.1. The van der Waals surface area contributed by atoms with Gasteiger partial charge in [-0.05, 0) is 37.3 Å². The van der Waals surface area contributed by atoms with E-state index in [0.29, 0.717) is 23.4 Å². The van der Waals surface area contributed by atoms with Gasteiger partial charge in [-0.3, -0.25) is 4.79 Å². The highest BCUT2D eigenvalue weighted by Crippen LogP contribution is 2.18. The van der Waals surface area contributed by atoms with E-state index in [4.69, 9.17) is 4.74 Å². The molecule has 0 aliphatic rings. The second-order valence-electron chi connectivity index (χ2n) is 3.18. The molecule has 0 bridgehead atoms. The van der Waals surface area contributed by atoms with Crippen molar-refractivity contribution in [3.63, 3.8) is 0 Å². The molecule has 0 aliphatic heterocycles. The van der Waals surface area contributed by atoms with Gasteiger partial charge in [0.2, 0.25) is 0 Å². The number of carbonyl (C=O) groups excluding carboxylic acids is 1. The lowest BCUT2D eigenvalue weighted by molar-refractivity contribution is -0.104. The second-order valence-corrected chi connectivity index (χ2v) is 3.18. The Morgan fingerprint density at radius 1 is 1.35 bits per heavy atom. The minimum atomic E-state index is -0.340. The number of allylic oxidation sites excluding steroid dienone is 4. The monoisotopic (exact) mass is 232 g/mol. The molecule has 1 rings (SSSR count). The first-order valence-corrected chi connectivity index (χ1v) is 5.09. The van der Waals surface area contributed by atoms with Gasteiger partial charge in [0.1, 0.15) is 17.3 Å². The molecule has 0 fully saturated rings. The first kappa shape index (κ1) is 12.9. The number of hydrogen-bond acceptors (Lipinski definition) is 2. The molecule has 0 aliphatic carbocycles. The molecule has 0 unspecified atom stereocenters. The van der Waals surface area contributed by atoms with Crippen molar-refractivity contribution in [2.75, 3.05) is 0 Å². The van der Waals surface area contributed by atoms with Crippen LogP contribution in [0.15, 0.2) is 60.4 Å². The molecule has 88 valence electrons. The van der Waals surface area contributed by atoms with Crippen LogP contribution >= 0.6 is 0 Å². The van der Waals surface area contributed by atoms with E-state index in [1.807, 2.05) is 0 Å². The third-order valence-corrected chi connectivity index (χ3v) is 2.03. The molecule has 0 atom stereocenters. The van der Waals surface area contributed by atoms with E-state index in [1.54, 1.807) is 19.1 Å². The summed E-state index contributed by atoms with van der Waals surface area (Å²) < 4.78 is 18.2. The maximum absolute atomic E-state index is 12.7. The van der Waals surface area contributed by atoms with Gasteiger partial charge in [0, 0.05) is 0 Å². The molecule has 0 aromatic heterocycles. The smallest absolute Gasteiger partial charge is 0.153 e. The van der Waals surface area contributed by atoms with Gasteiger partial charge in [0.05, 0.1) is 5.57 Å². The summed E-state index contributed by atoms with van der Waals surface area (Å²) in [7, 11) is 0. The Kier molecular flexibility index (Phi) is 4.88. The van der Waals surface area contributed by atoms with Crippen LogP contribution in [0.1, 0.15) is 6.92 Å². The van der Waals surface area contributed by atoms with Crippen LogP contribution in [0.2, 0.25) is 0 Å². The van der Waals surface area contributed by atoms with Gasteiger partial charge < -0.3 is 4.74 Å². The topological polar surface area (TPSA) is 26.3 Å². The highest BCUT2D eigenvalue weighted by molar-refractivity contribution is 5.79. The molecule has 0 saturated heterocycles. The van der Waals surface area contributed by atoms with Gasteiger partial charge in [-0.25, -0.2) is 4.39 Å². The molecule has 17 heavy (non-hydrogen) atoms. The summed E-state index contributed by atoms with van der Waals surface area (Å²) in [4.78, 5) is 10.8. The number of rotatable bonds is 5. The molecular weight excluding hydrogens is 219 g/mol. The Hall–Kier alpha value is -2.16. The van der Waals surface area contributed by atoms with E-state index >= 15 is 0 Å². The van der Waals surface area contributed by atoms with Crippen LogP contribution in [0.4, 0.5) is 4.39 Å². The van der Waals surface area contributed by atoms with Crippen molar-refractivity contribution in [2.45, 2.75) is 6.92 Å². The van der Waals surface area contributed by atoms with Gasteiger partial charge in [-0.1, -0.05) is 18.7 Å². The molecule has 3 heteroatoms. The van der Waals surface area contributed by atoms with Crippen molar-refractivity contribution in [1.82, 2.24) is 0 Å². The largest absolute Gasteiger partial charge is 0.457 e. The summed E-state index contributed by atoms with van der Waals surface area (Å²) in [6, 6.07) is 5.56. The lowest BCUT2D eigenvalue weighted by atomic mass is 10.2. The van der Waals surface area contributed by atoms with Crippen molar-refractivity contribution in [3.05, 3.63) is 66.2 Å². The number of benzene rings is 1. The highest BCUT2D eigenvalue weighted by Gasteiger charge is 2.05. The van der Waals surface area contributed by atoms with Crippen LogP contribution in [0, 0.1) is 5.82 Å². The number of hydrogen-bond donors (Lipinski definition) is 0. The molecule has 0 spiro atoms. The van der Waals surface area contributed by atoms with Crippen molar-refractivity contribution < 1.29 is 13.9 Å². The molecule has 0 N–H and O–H groups in total. The second kappa shape index (κ2) is 6.43. The number of ether oxygens (including phenoxy) is 1. The van der Waals surface area contributed by atoms with Crippen LogP contribution in [0.5, 0.6) is 5.75 Å². The zero-order chi connectivity index (χ0) is 12.7. The molecule has 1 aromatic carbocycles. The highest BCUT2D eigenvalue weighted by atomic mass is 19.1. The molecule has 0 amide bonds. The quantitative estimate of drug-likeness (QED) is 0.336. The predicted molar refractivity (Wildman–Crippen MR) is 65.1 cm³/mol. The zero-order valence-electron chi connectivity index (χ0n) is 9.52. The fourth-order valence-corrected chi connectivity index (χ4v) is 1.19. The third-order valence-electron chi connectivity index (χ3n) is 2.03. The summed E-state index contributed by atoms with van der Waals surface area (Å²) in [5.74, 6) is 0.498. The zero-order valence-corrected chi connectivity index (χ0v) is 9.52. The Labute approximate surface area is 99.7 Å². The fraction of sp³-hybridized carbons (Fsp3) is 0.0714. The van der Waals surface area contributed by atoms with Crippen molar-refractivity contribution in [1.29, 1.82) is 0 Å². The van der Waals surface area contributed by atoms with E-state index in [9.17, 15) is 9.18 Å². The minimum absolute atomic E-state index is 0.340. The van der Waals surface area contributed by atoms with Gasteiger partial charge in [-0.2, -0.15) is 0 Å². The van der Waals surface area contributed by atoms with E-state index in [0.717, 1.165) is 0 Å². The molecular formula is C14H13FO2. The average Bonchev–Trinajstić information content (AvgIpc) is 2.34. The van der Waals surface area contributed by atoms with Crippen LogP contribution in [-0.4, -0.2) is 6.29 Å². The van der Waals surface area contributed by atoms with Crippen LogP contribution in [-0.2, 0) is 4.79 Å². The SMILES string of the molecule is C=C/C=C(Oc1ccc(F)cc1)\C(C=O)=C/C. The van der Waals surface area contributed by atoms with Crippen molar-refractivity contribution in [3.8, 4) is 5.75 Å². The van der Waals surface area contributed by atoms with Crippen LogP contribution in [0.3, 0.4) is 0 Å². The summed E-state index contributed by atoms with van der Waals surface area (Å²) >= 11 is 0. The first-order chi connectivity index (χ1) is 8.21. The van der Waals surface area contributed by atoms with E-state index in [2.05, 4.69) is 6.58 Å². The van der Waals surface area contributed by atoms with Crippen LogP contribution in [0.25, 0.3) is 0 Å². The number of carbonyl (C=O) groups is 1. The molecule has 0 saturated carbocycles. The molecule has 2 nitrogen and oxygen atoms in total. The van der Waals surface area contributed by atoms with Gasteiger partial charge in [0.15, 0.2) is 6.29 Å². The number of aldehydes is 1. The van der Waals surface area contributed by atoms with Crippen molar-refractivity contribution >= 4 is 6.29 Å². The average molecular weight is 232 g/mol. The predicted octanol–water partition coefficient (Wildman–Crippen LogP) is 3.42. The lowest BCUT2D eigenvalue weighted by Crippen LogP contribution is -2.00. The van der Waals surface area contributed by atoms with Gasteiger partial charge >= 0.3 is 0 Å². The van der Waals surface area contributed by atoms with Gasteiger partial charge in [-0.15, -0.1) is 0 Å². The first-order valence-electron chi connectivity index (χ1n) is 5.09. The lowest BCUT2D eigenvalue weighted by Gasteiger charge is -2.09. The minimum Gasteiger partial charge on any atom is -0.457 e. The Bertz CT molecular complexity index is 456. The van der Waals surface area contributed by atoms with Crippen LogP contribution < -0.4 is 4.74 Å². The van der Waals surface area contributed by atoms with E-state index in [1.165, 1.54) is 30.3 Å². The molecule has 1 aromatic rings. The summed E-state index contributed by atoms with van der Waals surface area (Å²) in [5, 5.41) is 0. The Morgan fingerprint density at radius 3 is 2.47 bits per heavy atom. The fourth-order valence-electron chi connectivity index (χ4n) is 1.19. The standard InChI is InChI=1S/C14H13FO2/c1-3-5-14(11(4-2)10-16)17-13-8-6-12(15)7-9-13/h3-10H,1H2,2H3/b11-4-,14-5+. The maximum atomic E-state index is 12.7. The third kappa shape index (κ3) is 3.72. The van der Waals surface area contributed by atoms with Gasteiger partial charge in [0.25, 0.3) is 0 Å². The summed E-state index contributed by atoms with van der Waals surface area (Å²) in [6.07, 6.45) is 5.42. The maximum Gasteiger partial charge on any atom is 0.153 e. The Balaban J connectivity index is 2.95. The van der Waals surface area contributed by atoms with E-state index in [-0.39, 0.29) is 5.82 Å². The van der Waals surface area contributed by atoms with Crippen molar-refractivity contribution in [2.24, 2.45) is 0 Å². The van der Waals surface area contributed by atoms with E-state index < -0.39 is 0 Å². The number of halogens is 1. The Morgan fingerprint density at radius 2 is 2.00 bits per heavy atom.